The molecular weight excluding hydrogens is 495 g/mol. The molecule has 1 aromatic heterocycles. The molecule has 0 radical (unpaired) electrons. The first-order chi connectivity index (χ1) is 16.5. The maximum atomic E-state index is 12.4. The van der Waals surface area contributed by atoms with E-state index in [1.165, 1.54) is 11.3 Å². The van der Waals surface area contributed by atoms with E-state index >= 15 is 0 Å². The molecule has 5 rings (SSSR count). The second kappa shape index (κ2) is 9.66. The van der Waals surface area contributed by atoms with E-state index in [0.29, 0.717) is 27.3 Å². The van der Waals surface area contributed by atoms with Gasteiger partial charge in [-0.05, 0) is 48.5 Å². The fraction of sp³-hybridized carbons (Fsp3) is 0.208. The van der Waals surface area contributed by atoms with E-state index < -0.39 is 12.2 Å². The Balaban J connectivity index is 1.22. The SMILES string of the molecule is O=C(NC[C@H]1CN(c2ccc(N3CCN=C3c3cccc(Cl)c3)cc2)C(=O)O1)c1ccc(Cl)s1. The first-order valence-corrected chi connectivity index (χ1v) is 12.2. The van der Waals surface area contributed by atoms with Gasteiger partial charge < -0.3 is 15.0 Å². The zero-order valence-corrected chi connectivity index (χ0v) is 20.2. The Morgan fingerprint density at radius 1 is 1.09 bits per heavy atom. The summed E-state index contributed by atoms with van der Waals surface area (Å²) in [7, 11) is 0. The lowest BCUT2D eigenvalue weighted by Crippen LogP contribution is -2.34. The van der Waals surface area contributed by atoms with E-state index in [-0.39, 0.29) is 12.5 Å². The Kier molecular flexibility index (Phi) is 6.45. The molecule has 2 aromatic carbocycles. The summed E-state index contributed by atoms with van der Waals surface area (Å²) >= 11 is 13.2. The minimum Gasteiger partial charge on any atom is -0.442 e. The van der Waals surface area contributed by atoms with Crippen molar-refractivity contribution in [3.63, 3.8) is 0 Å². The topological polar surface area (TPSA) is 74.2 Å². The van der Waals surface area contributed by atoms with E-state index in [1.807, 2.05) is 48.5 Å². The van der Waals surface area contributed by atoms with Crippen LogP contribution in [0.25, 0.3) is 0 Å². The minimum absolute atomic E-state index is 0.224. The number of amidine groups is 1. The normalized spacial score (nSPS) is 17.6. The molecule has 1 N–H and O–H groups in total. The van der Waals surface area contributed by atoms with Crippen LogP contribution in [-0.2, 0) is 4.74 Å². The van der Waals surface area contributed by atoms with Crippen LogP contribution in [0.4, 0.5) is 16.2 Å². The molecule has 3 heterocycles. The number of halogens is 2. The van der Waals surface area contributed by atoms with Crippen molar-refractivity contribution < 1.29 is 14.3 Å². The second-order valence-electron chi connectivity index (χ2n) is 7.81. The van der Waals surface area contributed by atoms with E-state index in [4.69, 9.17) is 27.9 Å². The molecule has 174 valence electrons. The Morgan fingerprint density at radius 2 is 1.85 bits per heavy atom. The molecule has 0 aliphatic carbocycles. The number of rotatable bonds is 6. The molecule has 2 aliphatic heterocycles. The number of anilines is 2. The van der Waals surface area contributed by atoms with E-state index in [1.54, 1.807) is 17.0 Å². The molecule has 7 nitrogen and oxygen atoms in total. The Labute approximate surface area is 210 Å². The Hall–Kier alpha value is -3.07. The van der Waals surface area contributed by atoms with Crippen LogP contribution in [-0.4, -0.2) is 50.1 Å². The molecular formula is C24H20Cl2N4O3S. The summed E-state index contributed by atoms with van der Waals surface area (Å²) in [6.45, 7) is 2.04. The van der Waals surface area contributed by atoms with E-state index in [2.05, 4.69) is 15.2 Å². The number of hydrogen-bond donors (Lipinski definition) is 1. The predicted octanol–water partition coefficient (Wildman–Crippen LogP) is 5.08. The highest BCUT2D eigenvalue weighted by atomic mass is 35.5. The van der Waals surface area contributed by atoms with Crippen molar-refractivity contribution >= 4 is 63.7 Å². The molecule has 1 fully saturated rings. The van der Waals surface area contributed by atoms with Gasteiger partial charge in [0.15, 0.2) is 0 Å². The van der Waals surface area contributed by atoms with Crippen molar-refractivity contribution in [2.75, 3.05) is 36.0 Å². The van der Waals surface area contributed by atoms with Crippen molar-refractivity contribution in [3.8, 4) is 0 Å². The fourth-order valence-corrected chi connectivity index (χ4v) is 5.10. The molecule has 1 saturated heterocycles. The Bertz CT molecular complexity index is 1260. The van der Waals surface area contributed by atoms with Gasteiger partial charge in [0, 0.05) is 28.5 Å². The van der Waals surface area contributed by atoms with Crippen molar-refractivity contribution in [1.82, 2.24) is 5.32 Å². The van der Waals surface area contributed by atoms with Gasteiger partial charge in [0.25, 0.3) is 5.91 Å². The monoisotopic (exact) mass is 514 g/mol. The molecule has 0 bridgehead atoms. The van der Waals surface area contributed by atoms with Crippen molar-refractivity contribution in [1.29, 1.82) is 0 Å². The molecule has 0 spiro atoms. The second-order valence-corrected chi connectivity index (χ2v) is 9.97. The number of amides is 2. The third kappa shape index (κ3) is 4.75. The highest BCUT2D eigenvalue weighted by Crippen LogP contribution is 2.28. The van der Waals surface area contributed by atoms with Crippen LogP contribution < -0.4 is 15.1 Å². The molecule has 10 heteroatoms. The molecule has 3 aromatic rings. The van der Waals surface area contributed by atoms with E-state index in [0.717, 1.165) is 29.3 Å². The van der Waals surface area contributed by atoms with Gasteiger partial charge in [-0.25, -0.2) is 4.79 Å². The number of benzene rings is 2. The largest absolute Gasteiger partial charge is 0.442 e. The van der Waals surface area contributed by atoms with Gasteiger partial charge in [0.2, 0.25) is 0 Å². The summed E-state index contributed by atoms with van der Waals surface area (Å²) in [5.41, 5.74) is 2.67. The molecule has 0 unspecified atom stereocenters. The van der Waals surface area contributed by atoms with Crippen LogP contribution in [0, 0.1) is 0 Å². The number of ether oxygens (including phenoxy) is 1. The maximum absolute atomic E-state index is 12.4. The summed E-state index contributed by atoms with van der Waals surface area (Å²) in [6, 6.07) is 18.7. The fourth-order valence-electron chi connectivity index (χ4n) is 3.95. The van der Waals surface area contributed by atoms with Gasteiger partial charge in [-0.15, -0.1) is 11.3 Å². The van der Waals surface area contributed by atoms with E-state index in [9.17, 15) is 9.59 Å². The van der Waals surface area contributed by atoms with Crippen molar-refractivity contribution in [2.24, 2.45) is 4.99 Å². The van der Waals surface area contributed by atoms with Gasteiger partial charge >= 0.3 is 6.09 Å². The number of cyclic esters (lactones) is 1. The smallest absolute Gasteiger partial charge is 0.414 e. The van der Waals surface area contributed by atoms with Gasteiger partial charge in [-0.3, -0.25) is 14.7 Å². The lowest BCUT2D eigenvalue weighted by molar-refractivity contribution is 0.0920. The van der Waals surface area contributed by atoms with Gasteiger partial charge in [-0.1, -0.05) is 35.3 Å². The maximum Gasteiger partial charge on any atom is 0.414 e. The quantitative estimate of drug-likeness (QED) is 0.497. The number of hydrogen-bond acceptors (Lipinski definition) is 6. The lowest BCUT2D eigenvalue weighted by Gasteiger charge is -2.22. The van der Waals surface area contributed by atoms with Gasteiger partial charge in [0.05, 0.1) is 28.8 Å². The first kappa shape index (κ1) is 22.7. The summed E-state index contributed by atoms with van der Waals surface area (Å²) in [6.07, 6.45) is -0.875. The molecule has 0 saturated carbocycles. The number of carbonyl (C=O) groups is 2. The third-order valence-electron chi connectivity index (χ3n) is 5.56. The third-order valence-corrected chi connectivity index (χ3v) is 7.02. The summed E-state index contributed by atoms with van der Waals surface area (Å²) in [5.74, 6) is 0.636. The Morgan fingerprint density at radius 3 is 2.56 bits per heavy atom. The highest BCUT2D eigenvalue weighted by Gasteiger charge is 2.33. The van der Waals surface area contributed by atoms with Crippen molar-refractivity contribution in [2.45, 2.75) is 6.10 Å². The number of nitrogens with one attached hydrogen (secondary N) is 1. The van der Waals surface area contributed by atoms with Crippen LogP contribution >= 0.6 is 34.5 Å². The molecule has 2 amide bonds. The van der Waals surface area contributed by atoms with Gasteiger partial charge in [-0.2, -0.15) is 0 Å². The molecule has 2 aliphatic rings. The molecule has 1 atom stereocenters. The summed E-state index contributed by atoms with van der Waals surface area (Å²) in [4.78, 5) is 33.5. The zero-order chi connectivity index (χ0) is 23.7. The average molecular weight is 515 g/mol. The van der Waals surface area contributed by atoms with Crippen LogP contribution in [0.15, 0.2) is 65.7 Å². The first-order valence-electron chi connectivity index (χ1n) is 10.7. The predicted molar refractivity (Wildman–Crippen MR) is 136 cm³/mol. The number of thiophene rings is 1. The number of nitrogens with zero attached hydrogens (tertiary/aromatic N) is 3. The number of aliphatic imine (C=N–C) groups is 1. The summed E-state index contributed by atoms with van der Waals surface area (Å²) in [5, 5.41) is 3.46. The van der Waals surface area contributed by atoms with Crippen LogP contribution in [0.5, 0.6) is 0 Å². The van der Waals surface area contributed by atoms with Crippen molar-refractivity contribution in [3.05, 3.63) is 80.5 Å². The van der Waals surface area contributed by atoms with Crippen LogP contribution in [0.3, 0.4) is 0 Å². The molecule has 34 heavy (non-hydrogen) atoms. The standard InChI is InChI=1S/C24H20Cl2N4O3S/c25-16-3-1-2-15(12-16)22-27-10-11-29(22)17-4-6-18(7-5-17)30-14-19(33-24(30)32)13-28-23(31)20-8-9-21(26)34-20/h1-9,12,19H,10-11,13-14H2,(H,28,31)/t19-/m0/s1. The zero-order valence-electron chi connectivity index (χ0n) is 17.9. The number of carbonyl (C=O) groups excluding carboxylic acids is 2. The highest BCUT2D eigenvalue weighted by molar-refractivity contribution is 7.18. The van der Waals surface area contributed by atoms with Gasteiger partial charge in [0.1, 0.15) is 11.9 Å². The van der Waals surface area contributed by atoms with Crippen LogP contribution in [0.2, 0.25) is 9.36 Å². The minimum atomic E-state index is -0.438. The average Bonchev–Trinajstić information content (AvgIpc) is 3.57. The lowest BCUT2D eigenvalue weighted by atomic mass is 10.1. The summed E-state index contributed by atoms with van der Waals surface area (Å²) < 4.78 is 5.99. The van der Waals surface area contributed by atoms with Crippen LogP contribution in [0.1, 0.15) is 15.2 Å².